The SMILES string of the molecule is COc1ccc(-n2ccnc2CN2CCC(C(=O)N3CCCC3)CC2)cc1. The Morgan fingerprint density at radius 1 is 1.11 bits per heavy atom. The van der Waals surface area contributed by atoms with E-state index >= 15 is 0 Å². The molecule has 27 heavy (non-hydrogen) atoms. The number of aromatic nitrogens is 2. The maximum absolute atomic E-state index is 12.6. The summed E-state index contributed by atoms with van der Waals surface area (Å²) in [5, 5.41) is 0. The molecule has 6 nitrogen and oxygen atoms in total. The van der Waals surface area contributed by atoms with Crippen LogP contribution in [0.5, 0.6) is 5.75 Å². The molecule has 3 heterocycles. The molecular weight excluding hydrogens is 340 g/mol. The first-order chi connectivity index (χ1) is 13.2. The quantitative estimate of drug-likeness (QED) is 0.814. The van der Waals surface area contributed by atoms with Gasteiger partial charge in [0, 0.05) is 37.1 Å². The summed E-state index contributed by atoms with van der Waals surface area (Å²) in [5.41, 5.74) is 1.09. The average Bonchev–Trinajstić information content (AvgIpc) is 3.40. The first-order valence-corrected chi connectivity index (χ1v) is 9.92. The summed E-state index contributed by atoms with van der Waals surface area (Å²) in [6, 6.07) is 8.03. The van der Waals surface area contributed by atoms with Gasteiger partial charge in [-0.25, -0.2) is 4.98 Å². The fourth-order valence-corrected chi connectivity index (χ4v) is 4.16. The van der Waals surface area contributed by atoms with Gasteiger partial charge in [-0.05, 0) is 63.0 Å². The molecule has 0 atom stereocenters. The first-order valence-electron chi connectivity index (χ1n) is 9.92. The zero-order chi connectivity index (χ0) is 18.6. The maximum atomic E-state index is 12.6. The van der Waals surface area contributed by atoms with Gasteiger partial charge in [0.05, 0.1) is 13.7 Å². The highest BCUT2D eigenvalue weighted by molar-refractivity contribution is 5.79. The minimum atomic E-state index is 0.209. The summed E-state index contributed by atoms with van der Waals surface area (Å²) in [6.07, 6.45) is 8.10. The Hall–Kier alpha value is -2.34. The highest BCUT2D eigenvalue weighted by Crippen LogP contribution is 2.24. The Labute approximate surface area is 160 Å². The van der Waals surface area contributed by atoms with Crippen LogP contribution in [-0.2, 0) is 11.3 Å². The summed E-state index contributed by atoms with van der Waals surface area (Å²) < 4.78 is 7.37. The summed E-state index contributed by atoms with van der Waals surface area (Å²) in [5.74, 6) is 2.47. The van der Waals surface area contributed by atoms with E-state index in [9.17, 15) is 4.79 Å². The molecule has 0 bridgehead atoms. The smallest absolute Gasteiger partial charge is 0.225 e. The molecule has 4 rings (SSSR count). The number of carbonyl (C=O) groups is 1. The lowest BCUT2D eigenvalue weighted by atomic mass is 9.95. The largest absolute Gasteiger partial charge is 0.497 e. The Morgan fingerprint density at radius 2 is 1.81 bits per heavy atom. The van der Waals surface area contributed by atoms with Crippen LogP contribution in [0.25, 0.3) is 5.69 Å². The Kier molecular flexibility index (Phi) is 5.43. The maximum Gasteiger partial charge on any atom is 0.225 e. The van der Waals surface area contributed by atoms with Gasteiger partial charge >= 0.3 is 0 Å². The number of ether oxygens (including phenoxy) is 1. The van der Waals surface area contributed by atoms with Crippen LogP contribution in [0.3, 0.4) is 0 Å². The monoisotopic (exact) mass is 368 g/mol. The number of rotatable bonds is 5. The van der Waals surface area contributed by atoms with Gasteiger partial charge in [-0.1, -0.05) is 0 Å². The molecule has 0 unspecified atom stereocenters. The molecular formula is C21H28N4O2. The number of imidazole rings is 1. The van der Waals surface area contributed by atoms with E-state index in [-0.39, 0.29) is 5.92 Å². The average molecular weight is 368 g/mol. The third-order valence-corrected chi connectivity index (χ3v) is 5.79. The van der Waals surface area contributed by atoms with Gasteiger partial charge < -0.3 is 14.2 Å². The van der Waals surface area contributed by atoms with Crippen molar-refractivity contribution in [3.8, 4) is 11.4 Å². The van der Waals surface area contributed by atoms with Crippen molar-refractivity contribution in [2.75, 3.05) is 33.3 Å². The molecule has 0 saturated carbocycles. The third-order valence-electron chi connectivity index (χ3n) is 5.79. The molecule has 1 amide bonds. The molecule has 0 spiro atoms. The number of nitrogens with zero attached hydrogens (tertiary/aromatic N) is 4. The van der Waals surface area contributed by atoms with Crippen LogP contribution in [0.1, 0.15) is 31.5 Å². The van der Waals surface area contributed by atoms with E-state index in [4.69, 9.17) is 4.74 Å². The van der Waals surface area contributed by atoms with E-state index in [0.717, 1.165) is 62.8 Å². The molecule has 0 radical (unpaired) electrons. The van der Waals surface area contributed by atoms with E-state index in [0.29, 0.717) is 5.91 Å². The number of piperidine rings is 1. The molecule has 0 N–H and O–H groups in total. The number of methoxy groups -OCH3 is 1. The third kappa shape index (κ3) is 4.00. The minimum Gasteiger partial charge on any atom is -0.497 e. The van der Waals surface area contributed by atoms with Gasteiger partial charge in [0.25, 0.3) is 0 Å². The molecule has 1 aromatic carbocycles. The van der Waals surface area contributed by atoms with Gasteiger partial charge in [-0.3, -0.25) is 9.69 Å². The Balaban J connectivity index is 1.35. The van der Waals surface area contributed by atoms with Gasteiger partial charge in [0.2, 0.25) is 5.91 Å². The van der Waals surface area contributed by atoms with Crippen LogP contribution in [0.2, 0.25) is 0 Å². The summed E-state index contributed by atoms with van der Waals surface area (Å²) >= 11 is 0. The second-order valence-corrected chi connectivity index (χ2v) is 7.49. The van der Waals surface area contributed by atoms with Crippen molar-refractivity contribution < 1.29 is 9.53 Å². The second kappa shape index (κ2) is 8.13. The van der Waals surface area contributed by atoms with E-state index in [1.165, 1.54) is 12.8 Å². The van der Waals surface area contributed by atoms with Crippen LogP contribution in [-0.4, -0.2) is 58.5 Å². The fraction of sp³-hybridized carbons (Fsp3) is 0.524. The van der Waals surface area contributed by atoms with Gasteiger partial charge in [0.15, 0.2) is 0 Å². The van der Waals surface area contributed by atoms with Crippen molar-refractivity contribution in [1.82, 2.24) is 19.4 Å². The fourth-order valence-electron chi connectivity index (χ4n) is 4.16. The van der Waals surface area contributed by atoms with Crippen molar-refractivity contribution in [3.05, 3.63) is 42.5 Å². The van der Waals surface area contributed by atoms with Gasteiger partial charge in [0.1, 0.15) is 11.6 Å². The predicted molar refractivity (Wildman–Crippen MR) is 104 cm³/mol. The molecule has 2 aromatic rings. The topological polar surface area (TPSA) is 50.6 Å². The Morgan fingerprint density at radius 3 is 2.48 bits per heavy atom. The molecule has 2 fully saturated rings. The number of amides is 1. The van der Waals surface area contributed by atoms with Crippen LogP contribution in [0, 0.1) is 5.92 Å². The van der Waals surface area contributed by atoms with Crippen molar-refractivity contribution in [2.45, 2.75) is 32.2 Å². The molecule has 144 valence electrons. The molecule has 2 aliphatic rings. The number of likely N-dealkylation sites (tertiary alicyclic amines) is 2. The molecule has 2 aliphatic heterocycles. The van der Waals surface area contributed by atoms with E-state index < -0.39 is 0 Å². The van der Waals surface area contributed by atoms with Gasteiger partial charge in [-0.2, -0.15) is 0 Å². The number of hydrogen-bond acceptors (Lipinski definition) is 4. The normalized spacial score (nSPS) is 18.8. The van der Waals surface area contributed by atoms with E-state index in [1.54, 1.807) is 7.11 Å². The van der Waals surface area contributed by atoms with Crippen molar-refractivity contribution in [3.63, 3.8) is 0 Å². The lowest BCUT2D eigenvalue weighted by Gasteiger charge is -2.33. The summed E-state index contributed by atoms with van der Waals surface area (Å²) in [6.45, 7) is 4.64. The van der Waals surface area contributed by atoms with Gasteiger partial charge in [-0.15, -0.1) is 0 Å². The standard InChI is InChI=1S/C21H28N4O2/c1-27-19-6-4-18(5-7-19)25-15-10-22-20(25)16-23-13-8-17(9-14-23)21(26)24-11-2-3-12-24/h4-7,10,15,17H,2-3,8-9,11-14,16H2,1H3. The first kappa shape index (κ1) is 18.0. The highest BCUT2D eigenvalue weighted by Gasteiger charge is 2.30. The summed E-state index contributed by atoms with van der Waals surface area (Å²) in [7, 11) is 1.68. The van der Waals surface area contributed by atoms with Crippen LogP contribution >= 0.6 is 0 Å². The Bertz CT molecular complexity index is 757. The lowest BCUT2D eigenvalue weighted by Crippen LogP contribution is -2.41. The highest BCUT2D eigenvalue weighted by atomic mass is 16.5. The molecule has 1 aromatic heterocycles. The van der Waals surface area contributed by atoms with Crippen molar-refractivity contribution in [1.29, 1.82) is 0 Å². The predicted octanol–water partition coefficient (Wildman–Crippen LogP) is 2.72. The minimum absolute atomic E-state index is 0.209. The van der Waals surface area contributed by atoms with E-state index in [2.05, 4.69) is 19.4 Å². The molecule has 6 heteroatoms. The molecule has 2 saturated heterocycles. The van der Waals surface area contributed by atoms with Crippen molar-refractivity contribution in [2.24, 2.45) is 5.92 Å². The second-order valence-electron chi connectivity index (χ2n) is 7.49. The molecule has 0 aliphatic carbocycles. The summed E-state index contributed by atoms with van der Waals surface area (Å²) in [4.78, 5) is 21.6. The number of benzene rings is 1. The number of hydrogen-bond donors (Lipinski definition) is 0. The zero-order valence-electron chi connectivity index (χ0n) is 16.0. The zero-order valence-corrected chi connectivity index (χ0v) is 16.0. The van der Waals surface area contributed by atoms with Crippen LogP contribution < -0.4 is 4.74 Å². The van der Waals surface area contributed by atoms with Crippen LogP contribution in [0.15, 0.2) is 36.7 Å². The van der Waals surface area contributed by atoms with Crippen LogP contribution in [0.4, 0.5) is 0 Å². The lowest BCUT2D eigenvalue weighted by molar-refractivity contribution is -0.136. The van der Waals surface area contributed by atoms with Crippen molar-refractivity contribution >= 4 is 5.91 Å². The van der Waals surface area contributed by atoms with E-state index in [1.807, 2.05) is 36.7 Å². The number of carbonyl (C=O) groups excluding carboxylic acids is 1.